The predicted molar refractivity (Wildman–Crippen MR) is 208 cm³/mol. The van der Waals surface area contributed by atoms with Crippen molar-refractivity contribution in [2.45, 2.75) is 106 Å². The van der Waals surface area contributed by atoms with Gasteiger partial charge in [-0.2, -0.15) is 0 Å². The van der Waals surface area contributed by atoms with Crippen molar-refractivity contribution in [3.63, 3.8) is 0 Å². The molecule has 1 aliphatic carbocycles. The quantitative estimate of drug-likeness (QED) is 0.135. The molecule has 0 aromatic heterocycles. The minimum Gasteiger partial charge on any atom is -0.452 e. The molecule has 290 valence electrons. The van der Waals surface area contributed by atoms with Gasteiger partial charge in [0.15, 0.2) is 24.4 Å². The van der Waals surface area contributed by atoms with Gasteiger partial charge in [0, 0.05) is 0 Å². The van der Waals surface area contributed by atoms with Crippen LogP contribution in [0.25, 0.3) is 0 Å². The number of esters is 4. The summed E-state index contributed by atoms with van der Waals surface area (Å²) in [5.41, 5.74) is 3.97. The number of ether oxygens (including phenoxy) is 4. The molecular weight excluding hydrogens is 688 g/mol. The monoisotopic (exact) mass is 742 g/mol. The summed E-state index contributed by atoms with van der Waals surface area (Å²) < 4.78 is 23.1. The van der Waals surface area contributed by atoms with Gasteiger partial charge in [0.2, 0.25) is 0 Å². The third-order valence-electron chi connectivity index (χ3n) is 8.12. The van der Waals surface area contributed by atoms with E-state index in [0.717, 1.165) is 22.3 Å². The van der Waals surface area contributed by atoms with Crippen molar-refractivity contribution in [2.75, 3.05) is 0 Å². The lowest BCUT2D eigenvalue weighted by Gasteiger charge is -2.45. The number of aliphatic hydroxyl groups excluding tert-OH is 2. The standard InChI is InChI=1S/C38H36O10.3C2H6/c1-21-5-13-25(14-6-21)35(41)45-31-29(39)30(40)32(46-36(42)26-15-7-22(2)8-16-26)34(48-38(44)28-19-11-24(4)12-20-28)33(31)47-37(43)27-17-9-23(3)10-18-27;3*1-2/h5-20,29-34,39-40H,1-4H3;3*1-2H3/t29-,30?,31+,32-,33?,34?;;;/m1.../s1. The van der Waals surface area contributed by atoms with Crippen molar-refractivity contribution in [3.8, 4) is 0 Å². The van der Waals surface area contributed by atoms with Gasteiger partial charge in [-0.25, -0.2) is 19.2 Å². The largest absolute Gasteiger partial charge is 0.452 e. The lowest BCUT2D eigenvalue weighted by molar-refractivity contribution is -0.223. The Morgan fingerprint density at radius 1 is 0.352 bits per heavy atom. The Kier molecular flexibility index (Phi) is 18.3. The zero-order chi connectivity index (χ0) is 40.5. The first-order valence-electron chi connectivity index (χ1n) is 18.4. The van der Waals surface area contributed by atoms with Gasteiger partial charge in [0.25, 0.3) is 0 Å². The van der Waals surface area contributed by atoms with E-state index in [1.165, 1.54) is 48.5 Å². The topological polar surface area (TPSA) is 146 Å². The average Bonchev–Trinajstić information content (AvgIpc) is 3.19. The number of hydrogen-bond donors (Lipinski definition) is 2. The summed E-state index contributed by atoms with van der Waals surface area (Å²) in [6, 6.07) is 25.6. The van der Waals surface area contributed by atoms with Gasteiger partial charge in [0.1, 0.15) is 12.2 Å². The zero-order valence-electron chi connectivity index (χ0n) is 32.9. The molecule has 0 radical (unpaired) electrons. The third kappa shape index (κ3) is 11.8. The maximum Gasteiger partial charge on any atom is 0.338 e. The number of hydrogen-bond acceptors (Lipinski definition) is 10. The second kappa shape index (κ2) is 22.0. The van der Waals surface area contributed by atoms with Crippen molar-refractivity contribution < 1.29 is 48.3 Å². The fraction of sp³-hybridized carbons (Fsp3) is 0.364. The minimum absolute atomic E-state index is 0.113. The summed E-state index contributed by atoms with van der Waals surface area (Å²) in [5.74, 6) is -3.61. The van der Waals surface area contributed by atoms with E-state index in [4.69, 9.17) is 18.9 Å². The van der Waals surface area contributed by atoms with Gasteiger partial charge >= 0.3 is 23.9 Å². The van der Waals surface area contributed by atoms with E-state index < -0.39 is 60.5 Å². The van der Waals surface area contributed by atoms with Crippen molar-refractivity contribution in [1.29, 1.82) is 0 Å². The number of rotatable bonds is 8. The normalized spacial score (nSPS) is 19.8. The van der Waals surface area contributed by atoms with Crippen LogP contribution in [-0.2, 0) is 18.9 Å². The van der Waals surface area contributed by atoms with Gasteiger partial charge in [-0.05, 0) is 76.2 Å². The Labute approximate surface area is 319 Å². The van der Waals surface area contributed by atoms with Crippen LogP contribution >= 0.6 is 0 Å². The van der Waals surface area contributed by atoms with Crippen LogP contribution in [0, 0.1) is 27.7 Å². The highest BCUT2D eigenvalue weighted by Crippen LogP contribution is 2.33. The number of aliphatic hydroxyl groups is 2. The van der Waals surface area contributed by atoms with E-state index in [2.05, 4.69) is 0 Å². The first-order valence-corrected chi connectivity index (χ1v) is 18.4. The zero-order valence-corrected chi connectivity index (χ0v) is 32.9. The molecule has 0 aliphatic heterocycles. The second-order valence-electron chi connectivity index (χ2n) is 11.9. The van der Waals surface area contributed by atoms with Crippen molar-refractivity contribution in [3.05, 3.63) is 142 Å². The van der Waals surface area contributed by atoms with Crippen LogP contribution in [0.1, 0.15) is 105 Å². The van der Waals surface area contributed by atoms with Gasteiger partial charge in [-0.15, -0.1) is 0 Å². The van der Waals surface area contributed by atoms with E-state index in [0.29, 0.717) is 0 Å². The molecule has 0 spiro atoms. The number of carbonyl (C=O) groups is 4. The fourth-order valence-corrected chi connectivity index (χ4v) is 5.22. The molecule has 54 heavy (non-hydrogen) atoms. The molecule has 1 saturated carbocycles. The molecular formula is C44H54O10. The summed E-state index contributed by atoms with van der Waals surface area (Å²) in [6.07, 6.45) is -10.9. The van der Waals surface area contributed by atoms with Crippen LogP contribution in [0.3, 0.4) is 0 Å². The van der Waals surface area contributed by atoms with E-state index >= 15 is 0 Å². The molecule has 1 aliphatic rings. The molecule has 6 atom stereocenters. The lowest BCUT2D eigenvalue weighted by Crippen LogP contribution is -2.67. The maximum atomic E-state index is 13.5. The van der Waals surface area contributed by atoms with Gasteiger partial charge < -0.3 is 29.2 Å². The van der Waals surface area contributed by atoms with Crippen LogP contribution in [0.5, 0.6) is 0 Å². The van der Waals surface area contributed by atoms with Crippen LogP contribution < -0.4 is 0 Å². The van der Waals surface area contributed by atoms with Crippen molar-refractivity contribution in [1.82, 2.24) is 0 Å². The van der Waals surface area contributed by atoms with Crippen LogP contribution in [0.2, 0.25) is 0 Å². The highest BCUT2D eigenvalue weighted by molar-refractivity contribution is 5.92. The molecule has 4 aromatic rings. The molecule has 2 N–H and O–H groups in total. The highest BCUT2D eigenvalue weighted by Gasteiger charge is 2.57. The molecule has 5 rings (SSSR count). The molecule has 10 nitrogen and oxygen atoms in total. The number of aryl methyl sites for hydroxylation is 4. The Morgan fingerprint density at radius 3 is 0.704 bits per heavy atom. The Hall–Kier alpha value is -5.32. The number of carbonyl (C=O) groups excluding carboxylic acids is 4. The number of benzene rings is 4. The molecule has 0 amide bonds. The molecule has 0 saturated heterocycles. The first kappa shape index (κ1) is 44.8. The van der Waals surface area contributed by atoms with Crippen LogP contribution in [-0.4, -0.2) is 70.7 Å². The summed E-state index contributed by atoms with van der Waals surface area (Å²) in [6.45, 7) is 19.3. The fourth-order valence-electron chi connectivity index (χ4n) is 5.22. The SMILES string of the molecule is CC.CC.CC.Cc1ccc(C(=O)OC2C(OC(=O)c3ccc(C)cc3)[C@@H](OC(=O)c3ccc(C)cc3)[C@H](O)C(O)[C@H]2OC(=O)c2ccc(C)cc2)cc1. The lowest BCUT2D eigenvalue weighted by atomic mass is 9.84. The Balaban J connectivity index is 0.00000160. The molecule has 0 heterocycles. The molecule has 3 unspecified atom stereocenters. The summed E-state index contributed by atoms with van der Waals surface area (Å²) in [7, 11) is 0. The Morgan fingerprint density at radius 2 is 0.519 bits per heavy atom. The van der Waals surface area contributed by atoms with E-state index in [1.807, 2.05) is 69.2 Å². The minimum atomic E-state index is -1.94. The average molecular weight is 743 g/mol. The van der Waals surface area contributed by atoms with Gasteiger partial charge in [-0.1, -0.05) is 112 Å². The van der Waals surface area contributed by atoms with Crippen LogP contribution in [0.4, 0.5) is 0 Å². The van der Waals surface area contributed by atoms with Crippen molar-refractivity contribution >= 4 is 23.9 Å². The smallest absolute Gasteiger partial charge is 0.338 e. The van der Waals surface area contributed by atoms with Gasteiger partial charge in [-0.3, -0.25) is 0 Å². The summed E-state index contributed by atoms with van der Waals surface area (Å²) in [4.78, 5) is 53.7. The van der Waals surface area contributed by atoms with E-state index in [9.17, 15) is 29.4 Å². The first-order chi connectivity index (χ1) is 25.9. The summed E-state index contributed by atoms with van der Waals surface area (Å²) >= 11 is 0. The Bertz CT molecular complexity index is 1630. The molecule has 1 fully saturated rings. The predicted octanol–water partition coefficient (Wildman–Crippen LogP) is 7.94. The highest BCUT2D eigenvalue weighted by atomic mass is 16.6. The van der Waals surface area contributed by atoms with E-state index in [-0.39, 0.29) is 22.3 Å². The molecule has 10 heteroatoms. The molecule has 0 bridgehead atoms. The van der Waals surface area contributed by atoms with Crippen LogP contribution in [0.15, 0.2) is 97.1 Å². The maximum absolute atomic E-state index is 13.5. The second-order valence-corrected chi connectivity index (χ2v) is 11.9. The van der Waals surface area contributed by atoms with E-state index in [1.54, 1.807) is 48.5 Å². The van der Waals surface area contributed by atoms with Gasteiger partial charge in [0.05, 0.1) is 22.3 Å². The van der Waals surface area contributed by atoms with Crippen molar-refractivity contribution in [2.24, 2.45) is 0 Å². The molecule has 4 aromatic carbocycles. The summed E-state index contributed by atoms with van der Waals surface area (Å²) in [5, 5.41) is 22.8. The third-order valence-corrected chi connectivity index (χ3v) is 8.12.